The number of thioether (sulfide) groups is 1. The zero-order valence-corrected chi connectivity index (χ0v) is 19.7. The first-order valence-electron chi connectivity index (χ1n) is 9.83. The molecule has 0 N–H and O–H groups in total. The number of nitrogens with zero attached hydrogens (tertiary/aromatic N) is 5. The molecule has 0 unspecified atom stereocenters. The second-order valence-electron chi connectivity index (χ2n) is 7.59. The summed E-state index contributed by atoms with van der Waals surface area (Å²) in [6.07, 6.45) is 0.477. The first kappa shape index (κ1) is 22.0. The van der Waals surface area contributed by atoms with Crippen molar-refractivity contribution in [3.63, 3.8) is 0 Å². The number of aromatic nitrogens is 4. The second-order valence-corrected chi connectivity index (χ2v) is 11.8. The number of sulfone groups is 1. The summed E-state index contributed by atoms with van der Waals surface area (Å²) >= 11 is 2.81. The third kappa shape index (κ3) is 5.16. The van der Waals surface area contributed by atoms with Gasteiger partial charge in [-0.15, -0.1) is 16.4 Å². The van der Waals surface area contributed by atoms with Crippen molar-refractivity contribution in [2.24, 2.45) is 0 Å². The number of rotatable bonds is 7. The van der Waals surface area contributed by atoms with Crippen molar-refractivity contribution in [3.05, 3.63) is 51.7 Å². The average Bonchev–Trinajstić information content (AvgIpc) is 3.47. The Labute approximate surface area is 189 Å². The van der Waals surface area contributed by atoms with Crippen LogP contribution in [0.1, 0.15) is 22.4 Å². The van der Waals surface area contributed by atoms with Crippen molar-refractivity contribution >= 4 is 38.8 Å². The molecule has 3 heterocycles. The van der Waals surface area contributed by atoms with Gasteiger partial charge >= 0.3 is 0 Å². The van der Waals surface area contributed by atoms with E-state index in [4.69, 9.17) is 0 Å². The van der Waals surface area contributed by atoms with Crippen molar-refractivity contribution in [2.75, 3.05) is 17.3 Å². The highest BCUT2D eigenvalue weighted by molar-refractivity contribution is 7.99. The van der Waals surface area contributed by atoms with Crippen LogP contribution in [0.3, 0.4) is 0 Å². The number of tetrazole rings is 1. The van der Waals surface area contributed by atoms with E-state index in [1.165, 1.54) is 17.3 Å². The Morgan fingerprint density at radius 1 is 1.29 bits per heavy atom. The number of aryl methyl sites for hydroxylation is 2. The number of amides is 1. The third-order valence-corrected chi connectivity index (χ3v) is 8.89. The lowest BCUT2D eigenvalue weighted by molar-refractivity contribution is -0.130. The van der Waals surface area contributed by atoms with Crippen LogP contribution in [-0.4, -0.2) is 62.7 Å². The Kier molecular flexibility index (Phi) is 6.44. The quantitative estimate of drug-likeness (QED) is 0.483. The molecule has 0 saturated carbocycles. The minimum atomic E-state index is -3.10. The van der Waals surface area contributed by atoms with Crippen molar-refractivity contribution in [2.45, 2.75) is 38.0 Å². The summed E-state index contributed by atoms with van der Waals surface area (Å²) in [5.74, 6) is 0.168. The average molecular weight is 478 g/mol. The van der Waals surface area contributed by atoms with E-state index in [1.807, 2.05) is 49.6 Å². The SMILES string of the molecule is Cc1ccc(-n2nnnc2SCC(=O)N(Cc2cccs2)[C@@H]2CCS(=O)(=O)C2)cc1C. The Morgan fingerprint density at radius 2 is 2.13 bits per heavy atom. The van der Waals surface area contributed by atoms with Crippen LogP contribution in [-0.2, 0) is 21.2 Å². The first-order chi connectivity index (χ1) is 14.8. The van der Waals surface area contributed by atoms with Gasteiger partial charge in [0.15, 0.2) is 9.84 Å². The molecule has 1 saturated heterocycles. The fourth-order valence-electron chi connectivity index (χ4n) is 3.51. The number of carbonyl (C=O) groups excluding carboxylic acids is 1. The van der Waals surface area contributed by atoms with Gasteiger partial charge in [0, 0.05) is 10.9 Å². The molecule has 164 valence electrons. The second kappa shape index (κ2) is 9.09. The summed E-state index contributed by atoms with van der Waals surface area (Å²) in [5.41, 5.74) is 3.14. The van der Waals surface area contributed by atoms with Gasteiger partial charge in [0.1, 0.15) is 0 Å². The van der Waals surface area contributed by atoms with Gasteiger partial charge < -0.3 is 4.90 Å². The van der Waals surface area contributed by atoms with Crippen LogP contribution < -0.4 is 0 Å². The molecule has 1 amide bonds. The number of hydrogen-bond acceptors (Lipinski definition) is 8. The van der Waals surface area contributed by atoms with Gasteiger partial charge in [-0.1, -0.05) is 23.9 Å². The highest BCUT2D eigenvalue weighted by Crippen LogP contribution is 2.25. The van der Waals surface area contributed by atoms with Crippen LogP contribution in [0, 0.1) is 13.8 Å². The van der Waals surface area contributed by atoms with Crippen LogP contribution in [0.25, 0.3) is 5.69 Å². The smallest absolute Gasteiger partial charge is 0.233 e. The Balaban J connectivity index is 1.49. The molecule has 1 aliphatic heterocycles. The zero-order chi connectivity index (χ0) is 22.0. The Bertz CT molecular complexity index is 1170. The minimum absolute atomic E-state index is 0.0230. The molecule has 11 heteroatoms. The molecule has 0 bridgehead atoms. The Morgan fingerprint density at radius 3 is 2.81 bits per heavy atom. The molecule has 4 rings (SSSR count). The molecule has 8 nitrogen and oxygen atoms in total. The summed E-state index contributed by atoms with van der Waals surface area (Å²) in [6.45, 7) is 4.48. The predicted molar refractivity (Wildman–Crippen MR) is 121 cm³/mol. The standard InChI is InChI=1S/C20H23N5O3S3/c1-14-5-6-16(10-15(14)2)25-20(21-22-23-25)30-12-19(26)24(11-18-4-3-8-29-18)17-7-9-31(27,28)13-17/h3-6,8,10,17H,7,9,11-13H2,1-2H3/t17-/m1/s1. The van der Waals surface area contributed by atoms with E-state index in [9.17, 15) is 13.2 Å². The molecule has 0 radical (unpaired) electrons. The van der Waals surface area contributed by atoms with Gasteiger partial charge in [-0.3, -0.25) is 4.79 Å². The lowest BCUT2D eigenvalue weighted by atomic mass is 10.1. The number of carbonyl (C=O) groups is 1. The lowest BCUT2D eigenvalue weighted by Gasteiger charge is -2.27. The van der Waals surface area contributed by atoms with Gasteiger partial charge in [0.05, 0.1) is 29.5 Å². The molecular weight excluding hydrogens is 454 g/mol. The molecule has 31 heavy (non-hydrogen) atoms. The lowest BCUT2D eigenvalue weighted by Crippen LogP contribution is -2.41. The van der Waals surface area contributed by atoms with Crippen LogP contribution >= 0.6 is 23.1 Å². The largest absolute Gasteiger partial charge is 0.333 e. The van der Waals surface area contributed by atoms with Crippen molar-refractivity contribution in [1.82, 2.24) is 25.1 Å². The number of hydrogen-bond donors (Lipinski definition) is 0. The Hall–Kier alpha value is -2.24. The summed E-state index contributed by atoms with van der Waals surface area (Å²) in [5, 5.41) is 14.4. The topological polar surface area (TPSA) is 98.1 Å². The fourth-order valence-corrected chi connectivity index (χ4v) is 6.72. The van der Waals surface area contributed by atoms with E-state index < -0.39 is 9.84 Å². The normalized spacial score (nSPS) is 17.7. The van der Waals surface area contributed by atoms with E-state index in [1.54, 1.807) is 20.9 Å². The van der Waals surface area contributed by atoms with E-state index >= 15 is 0 Å². The number of thiophene rings is 1. The van der Waals surface area contributed by atoms with Crippen molar-refractivity contribution in [3.8, 4) is 5.69 Å². The summed E-state index contributed by atoms with van der Waals surface area (Å²) < 4.78 is 25.6. The molecule has 1 atom stereocenters. The summed E-state index contributed by atoms with van der Waals surface area (Å²) in [4.78, 5) is 15.9. The van der Waals surface area contributed by atoms with Gasteiger partial charge in [-0.05, 0) is 65.4 Å². The van der Waals surface area contributed by atoms with Crippen LogP contribution in [0.4, 0.5) is 0 Å². The van der Waals surface area contributed by atoms with E-state index in [0.29, 0.717) is 18.1 Å². The first-order valence-corrected chi connectivity index (χ1v) is 13.5. The minimum Gasteiger partial charge on any atom is -0.333 e. The van der Waals surface area contributed by atoms with Gasteiger partial charge in [0.25, 0.3) is 0 Å². The fraction of sp³-hybridized carbons (Fsp3) is 0.400. The van der Waals surface area contributed by atoms with Gasteiger partial charge in [-0.2, -0.15) is 4.68 Å². The summed E-state index contributed by atoms with van der Waals surface area (Å²) in [7, 11) is -3.10. The summed E-state index contributed by atoms with van der Waals surface area (Å²) in [6, 6.07) is 9.55. The maximum atomic E-state index is 13.1. The molecule has 1 aliphatic rings. The van der Waals surface area contributed by atoms with Gasteiger partial charge in [0.2, 0.25) is 11.1 Å². The van der Waals surface area contributed by atoms with Crippen molar-refractivity contribution < 1.29 is 13.2 Å². The molecule has 3 aromatic rings. The molecular formula is C20H23N5O3S3. The van der Waals surface area contributed by atoms with Crippen LogP contribution in [0.2, 0.25) is 0 Å². The molecule has 0 aliphatic carbocycles. The maximum Gasteiger partial charge on any atom is 0.233 e. The molecule has 1 aromatic carbocycles. The zero-order valence-electron chi connectivity index (χ0n) is 17.3. The highest BCUT2D eigenvalue weighted by atomic mass is 32.2. The molecule has 2 aromatic heterocycles. The van der Waals surface area contributed by atoms with E-state index in [2.05, 4.69) is 15.5 Å². The highest BCUT2D eigenvalue weighted by Gasteiger charge is 2.35. The molecule has 0 spiro atoms. The monoisotopic (exact) mass is 477 g/mol. The van der Waals surface area contributed by atoms with Gasteiger partial charge in [-0.25, -0.2) is 8.42 Å². The van der Waals surface area contributed by atoms with E-state index in [0.717, 1.165) is 16.1 Å². The maximum absolute atomic E-state index is 13.1. The van der Waals surface area contributed by atoms with Crippen LogP contribution in [0.5, 0.6) is 0 Å². The molecule has 1 fully saturated rings. The third-order valence-electron chi connectivity index (χ3n) is 5.38. The van der Waals surface area contributed by atoms with E-state index in [-0.39, 0.29) is 29.2 Å². The number of benzene rings is 1. The van der Waals surface area contributed by atoms with Crippen molar-refractivity contribution in [1.29, 1.82) is 0 Å². The predicted octanol–water partition coefficient (Wildman–Crippen LogP) is 2.65. The van der Waals surface area contributed by atoms with Crippen LogP contribution in [0.15, 0.2) is 40.9 Å².